The first kappa shape index (κ1) is 18.5. The number of ketones is 1. The number of unbranched alkanes of at least 4 members (excludes halogenated alkanes) is 3. The molecule has 0 saturated carbocycles. The highest BCUT2D eigenvalue weighted by atomic mass is 16.6. The molecule has 0 radical (unpaired) electrons. The van der Waals surface area contributed by atoms with Crippen molar-refractivity contribution in [3.05, 3.63) is 29.8 Å². The first-order chi connectivity index (χ1) is 11.1. The average molecular weight is 314 g/mol. The van der Waals surface area contributed by atoms with Crippen molar-refractivity contribution in [1.29, 1.82) is 0 Å². The number of hydrogen-bond donors (Lipinski definition) is 0. The van der Waals surface area contributed by atoms with Gasteiger partial charge in [-0.3, -0.25) is 9.59 Å². The third-order valence-electron chi connectivity index (χ3n) is 2.99. The Morgan fingerprint density at radius 1 is 1.22 bits per heavy atom. The van der Waals surface area contributed by atoms with Crippen LogP contribution in [0.2, 0.25) is 0 Å². The van der Waals surface area contributed by atoms with Crippen LogP contribution in [0.25, 0.3) is 6.08 Å². The Morgan fingerprint density at radius 2 is 2.00 bits per heavy atom. The third kappa shape index (κ3) is 7.32. The van der Waals surface area contributed by atoms with Gasteiger partial charge in [-0.15, -0.1) is 0 Å². The van der Waals surface area contributed by atoms with Crippen LogP contribution >= 0.6 is 0 Å². The molecular weight excluding hydrogens is 292 g/mol. The fraction of sp³-hybridized carbons (Fsp3) is 0.368. The van der Waals surface area contributed by atoms with Crippen LogP contribution in [0.4, 0.5) is 0 Å². The van der Waals surface area contributed by atoms with Crippen LogP contribution < -0.4 is 9.47 Å². The Kier molecular flexibility index (Phi) is 8.23. The summed E-state index contributed by atoms with van der Waals surface area (Å²) in [5.41, 5.74) is 0.763. The number of ether oxygens (including phenoxy) is 2. The number of benzene rings is 1. The van der Waals surface area contributed by atoms with Gasteiger partial charge in [-0.25, -0.2) is 0 Å². The highest BCUT2D eigenvalue weighted by molar-refractivity contribution is 6.06. The predicted octanol–water partition coefficient (Wildman–Crippen LogP) is 3.79. The monoisotopic (exact) mass is 314 g/mol. The molecule has 0 fully saturated rings. The Hall–Kier alpha value is -2.54. The van der Waals surface area contributed by atoms with Crippen LogP contribution in [0.15, 0.2) is 24.3 Å². The Bertz CT molecular complexity index is 633. The van der Waals surface area contributed by atoms with Gasteiger partial charge in [0.25, 0.3) is 0 Å². The van der Waals surface area contributed by atoms with Gasteiger partial charge in [-0.2, -0.15) is 0 Å². The highest BCUT2D eigenvalue weighted by Crippen LogP contribution is 2.28. The third-order valence-corrected chi connectivity index (χ3v) is 2.99. The number of carbonyl (C=O) groups is 2. The van der Waals surface area contributed by atoms with E-state index in [1.807, 2.05) is 0 Å². The van der Waals surface area contributed by atoms with Crippen molar-refractivity contribution in [3.63, 3.8) is 0 Å². The highest BCUT2D eigenvalue weighted by Gasteiger charge is 2.07. The first-order valence-electron chi connectivity index (χ1n) is 7.64. The maximum absolute atomic E-state index is 11.7. The van der Waals surface area contributed by atoms with Gasteiger partial charge in [-0.1, -0.05) is 37.8 Å². The van der Waals surface area contributed by atoms with E-state index in [1.165, 1.54) is 20.1 Å². The molecule has 1 aromatic rings. The zero-order valence-corrected chi connectivity index (χ0v) is 13.8. The van der Waals surface area contributed by atoms with Gasteiger partial charge in [-0.05, 0) is 36.1 Å². The Morgan fingerprint density at radius 3 is 2.65 bits per heavy atom. The molecule has 0 saturated heterocycles. The minimum atomic E-state index is -0.417. The van der Waals surface area contributed by atoms with E-state index in [2.05, 4.69) is 18.8 Å². The van der Waals surface area contributed by atoms with Gasteiger partial charge in [0.05, 0.1) is 7.11 Å². The van der Waals surface area contributed by atoms with Crippen molar-refractivity contribution in [2.75, 3.05) is 7.11 Å². The fourth-order valence-corrected chi connectivity index (χ4v) is 1.85. The van der Waals surface area contributed by atoms with Crippen molar-refractivity contribution in [2.45, 2.75) is 39.5 Å². The van der Waals surface area contributed by atoms with Crippen LogP contribution in [0.5, 0.6) is 11.5 Å². The molecule has 122 valence electrons. The maximum Gasteiger partial charge on any atom is 0.308 e. The molecule has 0 aliphatic carbocycles. The number of esters is 1. The molecular formula is C19H22O4. The number of allylic oxidation sites excluding steroid dienone is 1. The smallest absolute Gasteiger partial charge is 0.308 e. The topological polar surface area (TPSA) is 52.6 Å². The second-order valence-corrected chi connectivity index (χ2v) is 4.96. The maximum atomic E-state index is 11.7. The summed E-state index contributed by atoms with van der Waals surface area (Å²) in [4.78, 5) is 22.7. The van der Waals surface area contributed by atoms with E-state index < -0.39 is 5.97 Å². The molecule has 0 aromatic heterocycles. The normalized spacial score (nSPS) is 10.0. The van der Waals surface area contributed by atoms with Crippen molar-refractivity contribution < 1.29 is 19.1 Å². The predicted molar refractivity (Wildman–Crippen MR) is 90.3 cm³/mol. The van der Waals surface area contributed by atoms with E-state index in [-0.39, 0.29) is 5.78 Å². The Labute approximate surface area is 137 Å². The Balaban J connectivity index is 2.69. The van der Waals surface area contributed by atoms with Gasteiger partial charge < -0.3 is 9.47 Å². The van der Waals surface area contributed by atoms with E-state index in [0.29, 0.717) is 11.5 Å². The lowest BCUT2D eigenvalue weighted by Gasteiger charge is -2.08. The standard InChI is InChI=1S/C19H22O4/c1-4-5-6-7-8-9-17(21)12-10-16-11-13-18(23-15(2)20)19(14-16)22-3/h10-14H,4-7H2,1-3H3/b12-10+. The van der Waals surface area contributed by atoms with Crippen molar-refractivity contribution >= 4 is 17.8 Å². The summed E-state index contributed by atoms with van der Waals surface area (Å²) in [5, 5.41) is 0. The first-order valence-corrected chi connectivity index (χ1v) is 7.64. The van der Waals surface area contributed by atoms with Crippen LogP contribution in [0, 0.1) is 11.8 Å². The molecule has 4 nitrogen and oxygen atoms in total. The number of methoxy groups -OCH3 is 1. The summed E-state index contributed by atoms with van der Waals surface area (Å²) in [5.74, 6) is 5.61. The van der Waals surface area contributed by atoms with Crippen LogP contribution in [-0.4, -0.2) is 18.9 Å². The van der Waals surface area contributed by atoms with Gasteiger partial charge >= 0.3 is 5.97 Å². The van der Waals surface area contributed by atoms with E-state index in [0.717, 1.165) is 31.2 Å². The molecule has 0 atom stereocenters. The van der Waals surface area contributed by atoms with E-state index in [4.69, 9.17) is 9.47 Å². The molecule has 4 heteroatoms. The van der Waals surface area contributed by atoms with Crippen molar-refractivity contribution in [1.82, 2.24) is 0 Å². The summed E-state index contributed by atoms with van der Waals surface area (Å²) in [6.07, 6.45) is 7.12. The SMILES string of the molecule is CCCCCC#CC(=O)/C=C/c1ccc(OC(C)=O)c(OC)c1. The molecule has 0 heterocycles. The van der Waals surface area contributed by atoms with E-state index in [1.54, 1.807) is 24.3 Å². The lowest BCUT2D eigenvalue weighted by atomic mass is 10.1. The lowest BCUT2D eigenvalue weighted by molar-refractivity contribution is -0.132. The molecule has 1 aromatic carbocycles. The van der Waals surface area contributed by atoms with Gasteiger partial charge in [0.15, 0.2) is 11.5 Å². The van der Waals surface area contributed by atoms with Gasteiger partial charge in [0.2, 0.25) is 5.78 Å². The fourth-order valence-electron chi connectivity index (χ4n) is 1.85. The quantitative estimate of drug-likeness (QED) is 0.192. The minimum Gasteiger partial charge on any atom is -0.493 e. The molecule has 0 aliphatic heterocycles. The summed E-state index contributed by atoms with van der Waals surface area (Å²) in [6.45, 7) is 3.45. The van der Waals surface area contributed by atoms with E-state index >= 15 is 0 Å². The summed E-state index contributed by atoms with van der Waals surface area (Å²) in [6, 6.07) is 5.05. The molecule has 0 aliphatic rings. The molecule has 0 unspecified atom stereocenters. The van der Waals surface area contributed by atoms with Crippen molar-refractivity contribution in [2.24, 2.45) is 0 Å². The van der Waals surface area contributed by atoms with Gasteiger partial charge in [0, 0.05) is 13.3 Å². The molecule has 1 rings (SSSR count). The zero-order chi connectivity index (χ0) is 17.1. The summed E-state index contributed by atoms with van der Waals surface area (Å²) >= 11 is 0. The van der Waals surface area contributed by atoms with Crippen LogP contribution in [0.3, 0.4) is 0 Å². The van der Waals surface area contributed by atoms with Crippen molar-refractivity contribution in [3.8, 4) is 23.3 Å². The molecule has 23 heavy (non-hydrogen) atoms. The lowest BCUT2D eigenvalue weighted by Crippen LogP contribution is -2.03. The molecule has 0 amide bonds. The number of hydrogen-bond acceptors (Lipinski definition) is 4. The molecule has 0 N–H and O–H groups in total. The minimum absolute atomic E-state index is 0.232. The average Bonchev–Trinajstić information content (AvgIpc) is 2.53. The van der Waals surface area contributed by atoms with Crippen LogP contribution in [0.1, 0.15) is 45.1 Å². The summed E-state index contributed by atoms with van der Waals surface area (Å²) < 4.78 is 10.2. The second-order valence-electron chi connectivity index (χ2n) is 4.96. The second kappa shape index (κ2) is 10.2. The number of rotatable bonds is 7. The molecule has 0 spiro atoms. The number of carbonyl (C=O) groups excluding carboxylic acids is 2. The molecule has 0 bridgehead atoms. The summed E-state index contributed by atoms with van der Waals surface area (Å²) in [7, 11) is 1.49. The van der Waals surface area contributed by atoms with Gasteiger partial charge in [0.1, 0.15) is 0 Å². The van der Waals surface area contributed by atoms with E-state index in [9.17, 15) is 9.59 Å². The largest absolute Gasteiger partial charge is 0.493 e. The zero-order valence-electron chi connectivity index (χ0n) is 13.8. The van der Waals surface area contributed by atoms with Crippen LogP contribution in [-0.2, 0) is 9.59 Å².